The number of anilines is 2. The van der Waals surface area contributed by atoms with Crippen LogP contribution in [-0.4, -0.2) is 28.6 Å². The zero-order valence-electron chi connectivity index (χ0n) is 11.9. The zero-order valence-corrected chi connectivity index (χ0v) is 11.9. The lowest BCUT2D eigenvalue weighted by molar-refractivity contribution is -0.141. The first kappa shape index (κ1) is 14.9. The lowest BCUT2D eigenvalue weighted by atomic mass is 10.0. The van der Waals surface area contributed by atoms with Crippen LogP contribution in [0.2, 0.25) is 0 Å². The molecule has 2 rings (SSSR count). The van der Waals surface area contributed by atoms with Gasteiger partial charge in [-0.1, -0.05) is 0 Å². The molecule has 112 valence electrons. The second-order valence-corrected chi connectivity index (χ2v) is 5.53. The van der Waals surface area contributed by atoms with E-state index in [2.05, 4.69) is 15.3 Å². The maximum absolute atomic E-state index is 12.9. The van der Waals surface area contributed by atoms with Gasteiger partial charge in [0.25, 0.3) is 0 Å². The van der Waals surface area contributed by atoms with Crippen molar-refractivity contribution < 1.29 is 13.2 Å². The van der Waals surface area contributed by atoms with Gasteiger partial charge in [-0.15, -0.1) is 0 Å². The largest absolute Gasteiger partial charge is 0.433 e. The molecule has 0 aliphatic carbocycles. The first-order chi connectivity index (χ1) is 9.24. The summed E-state index contributed by atoms with van der Waals surface area (Å²) in [6.07, 6.45) is -2.57. The summed E-state index contributed by atoms with van der Waals surface area (Å²) in [5.41, 5.74) is -1.08. The van der Waals surface area contributed by atoms with E-state index in [9.17, 15) is 13.2 Å². The van der Waals surface area contributed by atoms with Crippen molar-refractivity contribution in [2.45, 2.75) is 45.3 Å². The smallest absolute Gasteiger partial charge is 0.354 e. The molecule has 4 nitrogen and oxygen atoms in total. The van der Waals surface area contributed by atoms with Gasteiger partial charge in [-0.05, 0) is 33.6 Å². The van der Waals surface area contributed by atoms with Gasteiger partial charge in [0.05, 0.1) is 0 Å². The molecule has 1 aliphatic rings. The van der Waals surface area contributed by atoms with E-state index in [1.165, 1.54) is 0 Å². The zero-order chi connectivity index (χ0) is 15.0. The van der Waals surface area contributed by atoms with E-state index < -0.39 is 11.9 Å². The molecule has 1 aromatic heterocycles. The van der Waals surface area contributed by atoms with E-state index in [4.69, 9.17) is 0 Å². The molecule has 0 radical (unpaired) electrons. The summed E-state index contributed by atoms with van der Waals surface area (Å²) in [6, 6.07) is 1.04. The number of hydrogen-bond donors (Lipinski definition) is 1. The van der Waals surface area contributed by atoms with E-state index in [0.717, 1.165) is 18.9 Å². The SMILES string of the molecule is CCNc1nc(N2CCCC2(C)C)cc(C(F)(F)F)n1. The number of nitrogens with one attached hydrogen (secondary N) is 1. The maximum atomic E-state index is 12.9. The molecule has 1 N–H and O–H groups in total. The highest BCUT2D eigenvalue weighted by Crippen LogP contribution is 2.36. The van der Waals surface area contributed by atoms with Crippen molar-refractivity contribution in [1.29, 1.82) is 0 Å². The lowest BCUT2D eigenvalue weighted by Gasteiger charge is -2.33. The molecule has 0 unspecified atom stereocenters. The molecule has 20 heavy (non-hydrogen) atoms. The maximum Gasteiger partial charge on any atom is 0.433 e. The summed E-state index contributed by atoms with van der Waals surface area (Å²) in [4.78, 5) is 9.68. The first-order valence-corrected chi connectivity index (χ1v) is 6.72. The van der Waals surface area contributed by atoms with Gasteiger partial charge in [0.1, 0.15) is 5.82 Å². The summed E-state index contributed by atoms with van der Waals surface area (Å²) < 4.78 is 38.8. The monoisotopic (exact) mass is 288 g/mol. The fourth-order valence-corrected chi connectivity index (χ4v) is 2.49. The molecule has 2 heterocycles. The van der Waals surface area contributed by atoms with Crippen LogP contribution < -0.4 is 10.2 Å². The van der Waals surface area contributed by atoms with Crippen LogP contribution in [0.5, 0.6) is 0 Å². The highest BCUT2D eigenvalue weighted by atomic mass is 19.4. The number of halogens is 3. The molecule has 0 spiro atoms. The molecule has 7 heteroatoms. The van der Waals surface area contributed by atoms with Crippen LogP contribution in [0.25, 0.3) is 0 Å². The summed E-state index contributed by atoms with van der Waals surface area (Å²) in [7, 11) is 0. The second kappa shape index (κ2) is 5.10. The lowest BCUT2D eigenvalue weighted by Crippen LogP contribution is -2.39. The predicted octanol–water partition coefficient (Wildman–Crippen LogP) is 3.31. The van der Waals surface area contributed by atoms with Crippen molar-refractivity contribution in [3.05, 3.63) is 11.8 Å². The average molecular weight is 288 g/mol. The van der Waals surface area contributed by atoms with Gasteiger partial charge in [-0.25, -0.2) is 4.98 Å². The molecule has 1 aromatic rings. The van der Waals surface area contributed by atoms with Gasteiger partial charge in [-0.3, -0.25) is 0 Å². The number of alkyl halides is 3. The molecule has 0 saturated carbocycles. The second-order valence-electron chi connectivity index (χ2n) is 5.53. The fraction of sp³-hybridized carbons (Fsp3) is 0.692. The Hall–Kier alpha value is -1.53. The Labute approximate surface area is 116 Å². The van der Waals surface area contributed by atoms with E-state index in [0.29, 0.717) is 18.9 Å². The van der Waals surface area contributed by atoms with Crippen LogP contribution in [-0.2, 0) is 6.18 Å². The topological polar surface area (TPSA) is 41.1 Å². The van der Waals surface area contributed by atoms with E-state index >= 15 is 0 Å². The summed E-state index contributed by atoms with van der Waals surface area (Å²) in [5.74, 6) is 0.366. The number of aromatic nitrogens is 2. The predicted molar refractivity (Wildman–Crippen MR) is 71.9 cm³/mol. The number of rotatable bonds is 3. The standard InChI is InChI=1S/C13H19F3N4/c1-4-17-11-18-9(13(14,15)16)8-10(19-11)20-7-5-6-12(20,2)3/h8H,4-7H2,1-3H3,(H,17,18,19). The average Bonchev–Trinajstić information content (AvgIpc) is 2.68. The first-order valence-electron chi connectivity index (χ1n) is 6.72. The Morgan fingerprint density at radius 1 is 1.35 bits per heavy atom. The Morgan fingerprint density at radius 2 is 2.05 bits per heavy atom. The molecule has 0 bridgehead atoms. The molecule has 0 amide bonds. The van der Waals surface area contributed by atoms with Crippen molar-refractivity contribution in [3.8, 4) is 0 Å². The van der Waals surface area contributed by atoms with E-state index in [-0.39, 0.29) is 11.5 Å². The minimum absolute atomic E-state index is 0.0278. The third kappa shape index (κ3) is 2.96. The molecule has 1 aliphatic heterocycles. The van der Waals surface area contributed by atoms with Crippen LogP contribution >= 0.6 is 0 Å². The van der Waals surface area contributed by atoms with Gasteiger partial charge < -0.3 is 10.2 Å². The summed E-state index contributed by atoms with van der Waals surface area (Å²) >= 11 is 0. The van der Waals surface area contributed by atoms with Crippen molar-refractivity contribution >= 4 is 11.8 Å². The van der Waals surface area contributed by atoms with E-state index in [1.54, 1.807) is 6.92 Å². The van der Waals surface area contributed by atoms with Gasteiger partial charge in [0, 0.05) is 24.7 Å². The molecule has 0 atom stereocenters. The molecular formula is C13H19F3N4. The highest BCUT2D eigenvalue weighted by molar-refractivity contribution is 5.48. The number of nitrogens with zero attached hydrogens (tertiary/aromatic N) is 3. The Kier molecular flexibility index (Phi) is 3.80. The van der Waals surface area contributed by atoms with E-state index in [1.807, 2.05) is 18.7 Å². The minimum Gasteiger partial charge on any atom is -0.354 e. The Morgan fingerprint density at radius 3 is 2.55 bits per heavy atom. The number of hydrogen-bond acceptors (Lipinski definition) is 4. The minimum atomic E-state index is -4.47. The fourth-order valence-electron chi connectivity index (χ4n) is 2.49. The molecule has 0 aromatic carbocycles. The van der Waals surface area contributed by atoms with Gasteiger partial charge >= 0.3 is 6.18 Å². The third-order valence-electron chi connectivity index (χ3n) is 3.52. The molecular weight excluding hydrogens is 269 g/mol. The van der Waals surface area contributed by atoms with Gasteiger partial charge in [0.2, 0.25) is 5.95 Å². The van der Waals surface area contributed by atoms with Crippen LogP contribution in [0.15, 0.2) is 6.07 Å². The van der Waals surface area contributed by atoms with Crippen LogP contribution in [0, 0.1) is 0 Å². The van der Waals surface area contributed by atoms with Crippen molar-refractivity contribution in [2.24, 2.45) is 0 Å². The molecule has 1 saturated heterocycles. The highest BCUT2D eigenvalue weighted by Gasteiger charge is 2.37. The Balaban J connectivity index is 2.44. The quantitative estimate of drug-likeness (QED) is 0.926. The molecule has 1 fully saturated rings. The van der Waals surface area contributed by atoms with Gasteiger partial charge in [-0.2, -0.15) is 18.2 Å². The van der Waals surface area contributed by atoms with Gasteiger partial charge in [0.15, 0.2) is 5.69 Å². The van der Waals surface area contributed by atoms with Crippen LogP contribution in [0.4, 0.5) is 24.9 Å². The Bertz CT molecular complexity index is 485. The van der Waals surface area contributed by atoms with Crippen LogP contribution in [0.1, 0.15) is 39.3 Å². The summed E-state index contributed by atoms with van der Waals surface area (Å²) in [6.45, 7) is 7.02. The van der Waals surface area contributed by atoms with Crippen molar-refractivity contribution in [3.63, 3.8) is 0 Å². The third-order valence-corrected chi connectivity index (χ3v) is 3.52. The summed E-state index contributed by atoms with van der Waals surface area (Å²) in [5, 5.41) is 2.76. The van der Waals surface area contributed by atoms with Crippen molar-refractivity contribution in [1.82, 2.24) is 9.97 Å². The van der Waals surface area contributed by atoms with Crippen LogP contribution in [0.3, 0.4) is 0 Å². The normalized spacial score (nSPS) is 18.4. The van der Waals surface area contributed by atoms with Crippen molar-refractivity contribution in [2.75, 3.05) is 23.3 Å².